The lowest BCUT2D eigenvalue weighted by atomic mass is 9.75. The lowest BCUT2D eigenvalue weighted by molar-refractivity contribution is 0.308. The third-order valence-corrected chi connectivity index (χ3v) is 4.25. The normalized spacial score (nSPS) is 39.3. The maximum absolute atomic E-state index is 2.56. The molecule has 0 N–H and O–H groups in total. The average molecular weight is 192 g/mol. The lowest BCUT2D eigenvalue weighted by Gasteiger charge is -2.31. The van der Waals surface area contributed by atoms with Gasteiger partial charge in [0.1, 0.15) is 0 Å². The molecule has 0 saturated heterocycles. The Morgan fingerprint density at radius 3 is 2.21 bits per heavy atom. The van der Waals surface area contributed by atoms with E-state index in [1.807, 2.05) is 5.57 Å². The molecule has 0 amide bonds. The van der Waals surface area contributed by atoms with Gasteiger partial charge in [0.25, 0.3) is 0 Å². The Morgan fingerprint density at radius 1 is 0.929 bits per heavy atom. The van der Waals surface area contributed by atoms with E-state index in [-0.39, 0.29) is 0 Å². The summed E-state index contributed by atoms with van der Waals surface area (Å²) in [4.78, 5) is 0. The van der Waals surface area contributed by atoms with Gasteiger partial charge < -0.3 is 0 Å². The van der Waals surface area contributed by atoms with Gasteiger partial charge in [-0.05, 0) is 49.9 Å². The molecule has 0 aromatic rings. The lowest BCUT2D eigenvalue weighted by Crippen LogP contribution is -2.16. The highest BCUT2D eigenvalue weighted by Gasteiger charge is 2.23. The molecule has 1 fully saturated rings. The summed E-state index contributed by atoms with van der Waals surface area (Å²) in [6, 6.07) is 0. The molecule has 0 spiro atoms. The SMILES string of the molecule is CC1CC=C(C2CCC(C)CC2)CC1. The molecule has 2 aliphatic rings. The van der Waals surface area contributed by atoms with Crippen LogP contribution in [0.2, 0.25) is 0 Å². The molecule has 0 aromatic heterocycles. The molecular weight excluding hydrogens is 168 g/mol. The van der Waals surface area contributed by atoms with Gasteiger partial charge in [-0.2, -0.15) is 0 Å². The summed E-state index contributed by atoms with van der Waals surface area (Å²) in [7, 11) is 0. The second-order valence-electron chi connectivity index (χ2n) is 5.62. The summed E-state index contributed by atoms with van der Waals surface area (Å²) in [6.07, 6.45) is 12.6. The van der Waals surface area contributed by atoms with Crippen LogP contribution >= 0.6 is 0 Å². The van der Waals surface area contributed by atoms with Crippen molar-refractivity contribution in [2.45, 2.75) is 58.8 Å². The minimum Gasteiger partial charge on any atom is -0.0848 e. The molecule has 14 heavy (non-hydrogen) atoms. The summed E-state index contributed by atoms with van der Waals surface area (Å²) in [5.74, 6) is 2.91. The van der Waals surface area contributed by atoms with E-state index >= 15 is 0 Å². The first-order chi connectivity index (χ1) is 6.75. The van der Waals surface area contributed by atoms with Gasteiger partial charge in [-0.15, -0.1) is 0 Å². The van der Waals surface area contributed by atoms with Crippen molar-refractivity contribution in [1.29, 1.82) is 0 Å². The minimum atomic E-state index is 0.946. The first-order valence-corrected chi connectivity index (χ1v) is 6.44. The Balaban J connectivity index is 1.89. The van der Waals surface area contributed by atoms with Crippen LogP contribution in [0.25, 0.3) is 0 Å². The van der Waals surface area contributed by atoms with Gasteiger partial charge >= 0.3 is 0 Å². The third-order valence-electron chi connectivity index (χ3n) is 4.25. The van der Waals surface area contributed by atoms with Gasteiger partial charge in [0.05, 0.1) is 0 Å². The van der Waals surface area contributed by atoms with Gasteiger partial charge in [0.2, 0.25) is 0 Å². The van der Waals surface area contributed by atoms with Crippen molar-refractivity contribution < 1.29 is 0 Å². The molecule has 1 unspecified atom stereocenters. The third kappa shape index (κ3) is 2.40. The number of allylic oxidation sites excluding steroid dienone is 2. The van der Waals surface area contributed by atoms with E-state index in [0.29, 0.717) is 0 Å². The Bertz CT molecular complexity index is 206. The Kier molecular flexibility index (Phi) is 3.30. The maximum atomic E-state index is 2.56. The fraction of sp³-hybridized carbons (Fsp3) is 0.857. The van der Waals surface area contributed by atoms with E-state index in [1.54, 1.807) is 0 Å². The van der Waals surface area contributed by atoms with E-state index in [2.05, 4.69) is 19.9 Å². The largest absolute Gasteiger partial charge is 0.0848 e. The maximum Gasteiger partial charge on any atom is -0.0203 e. The quantitative estimate of drug-likeness (QED) is 0.534. The van der Waals surface area contributed by atoms with Crippen LogP contribution in [0.4, 0.5) is 0 Å². The van der Waals surface area contributed by atoms with Crippen LogP contribution in [-0.4, -0.2) is 0 Å². The summed E-state index contributed by atoms with van der Waals surface area (Å²) in [5, 5.41) is 0. The second kappa shape index (κ2) is 4.51. The fourth-order valence-electron chi connectivity index (χ4n) is 2.99. The molecule has 1 saturated carbocycles. The topological polar surface area (TPSA) is 0 Å². The standard InChI is InChI=1S/C14H24/c1-11-3-7-13(8-4-11)14-9-5-12(2)6-10-14/h7,11-12,14H,3-6,8-10H2,1-2H3. The van der Waals surface area contributed by atoms with Crippen LogP contribution in [0.5, 0.6) is 0 Å². The number of hydrogen-bond donors (Lipinski definition) is 0. The molecule has 0 aromatic carbocycles. The van der Waals surface area contributed by atoms with Crippen molar-refractivity contribution >= 4 is 0 Å². The van der Waals surface area contributed by atoms with E-state index in [9.17, 15) is 0 Å². The molecular formula is C14H24. The van der Waals surface area contributed by atoms with Crippen LogP contribution in [0.1, 0.15) is 58.8 Å². The smallest absolute Gasteiger partial charge is 0.0203 e. The predicted molar refractivity (Wildman–Crippen MR) is 62.2 cm³/mol. The predicted octanol–water partition coefficient (Wildman–Crippen LogP) is 4.56. The molecule has 2 aliphatic carbocycles. The van der Waals surface area contributed by atoms with Crippen molar-refractivity contribution in [1.82, 2.24) is 0 Å². The first-order valence-electron chi connectivity index (χ1n) is 6.44. The van der Waals surface area contributed by atoms with Crippen molar-refractivity contribution in [3.05, 3.63) is 11.6 Å². The monoisotopic (exact) mass is 192 g/mol. The van der Waals surface area contributed by atoms with Crippen LogP contribution in [0, 0.1) is 17.8 Å². The molecule has 0 heterocycles. The summed E-state index contributed by atoms with van der Waals surface area (Å²) < 4.78 is 0. The van der Waals surface area contributed by atoms with Crippen molar-refractivity contribution in [2.75, 3.05) is 0 Å². The fourth-order valence-corrected chi connectivity index (χ4v) is 2.99. The minimum absolute atomic E-state index is 0.946. The first kappa shape index (κ1) is 10.3. The van der Waals surface area contributed by atoms with Gasteiger partial charge in [-0.25, -0.2) is 0 Å². The van der Waals surface area contributed by atoms with Crippen molar-refractivity contribution in [3.8, 4) is 0 Å². The van der Waals surface area contributed by atoms with E-state index in [4.69, 9.17) is 0 Å². The highest BCUT2D eigenvalue weighted by atomic mass is 14.3. The summed E-state index contributed by atoms with van der Waals surface area (Å²) in [6.45, 7) is 4.80. The molecule has 80 valence electrons. The molecule has 0 heteroatoms. The summed E-state index contributed by atoms with van der Waals surface area (Å²) >= 11 is 0. The Hall–Kier alpha value is -0.260. The molecule has 0 nitrogen and oxygen atoms in total. The Morgan fingerprint density at radius 2 is 1.64 bits per heavy atom. The number of hydrogen-bond acceptors (Lipinski definition) is 0. The molecule has 1 atom stereocenters. The summed E-state index contributed by atoms with van der Waals surface area (Å²) in [5.41, 5.74) is 1.81. The van der Waals surface area contributed by atoms with Gasteiger partial charge in [-0.3, -0.25) is 0 Å². The van der Waals surface area contributed by atoms with Crippen molar-refractivity contribution in [3.63, 3.8) is 0 Å². The van der Waals surface area contributed by atoms with E-state index in [1.165, 1.54) is 44.9 Å². The van der Waals surface area contributed by atoms with Crippen LogP contribution in [0.15, 0.2) is 11.6 Å². The number of rotatable bonds is 1. The Labute approximate surface area is 88.8 Å². The molecule has 2 rings (SSSR count). The van der Waals surface area contributed by atoms with Gasteiger partial charge in [0.15, 0.2) is 0 Å². The second-order valence-corrected chi connectivity index (χ2v) is 5.62. The zero-order chi connectivity index (χ0) is 9.97. The molecule has 0 radical (unpaired) electrons. The van der Waals surface area contributed by atoms with Crippen LogP contribution < -0.4 is 0 Å². The zero-order valence-corrected chi connectivity index (χ0v) is 9.76. The van der Waals surface area contributed by atoms with Gasteiger partial charge in [-0.1, -0.05) is 38.3 Å². The molecule has 0 bridgehead atoms. The highest BCUT2D eigenvalue weighted by Crippen LogP contribution is 2.37. The van der Waals surface area contributed by atoms with Crippen LogP contribution in [0.3, 0.4) is 0 Å². The van der Waals surface area contributed by atoms with Crippen molar-refractivity contribution in [2.24, 2.45) is 17.8 Å². The van der Waals surface area contributed by atoms with Gasteiger partial charge in [0, 0.05) is 0 Å². The van der Waals surface area contributed by atoms with Crippen LogP contribution in [-0.2, 0) is 0 Å². The molecule has 0 aliphatic heterocycles. The highest BCUT2D eigenvalue weighted by molar-refractivity contribution is 5.11. The van der Waals surface area contributed by atoms with E-state index < -0.39 is 0 Å². The zero-order valence-electron chi connectivity index (χ0n) is 9.76. The van der Waals surface area contributed by atoms with E-state index in [0.717, 1.165) is 17.8 Å². The average Bonchev–Trinajstić information content (AvgIpc) is 2.21.